The quantitative estimate of drug-likeness (QED) is 0.446. The van der Waals surface area contributed by atoms with Crippen LogP contribution in [-0.4, -0.2) is 46.5 Å². The fraction of sp³-hybridized carbons (Fsp3) is 0.167. The molecule has 0 N–H and O–H groups in total. The van der Waals surface area contributed by atoms with Gasteiger partial charge in [-0.25, -0.2) is 19.5 Å². The Kier molecular flexibility index (Phi) is 3.93. The van der Waals surface area contributed by atoms with E-state index < -0.39 is 5.95 Å². The first-order valence-electron chi connectivity index (χ1n) is 8.55. The SMILES string of the molecule is O=C(c1cc2ncc(Br)cn2n1)N1CCn2cc(-c3ccc(F)nc3)nc2C1. The van der Waals surface area contributed by atoms with Crippen molar-refractivity contribution < 1.29 is 9.18 Å². The van der Waals surface area contributed by atoms with E-state index in [2.05, 4.69) is 36.0 Å². The molecule has 4 aromatic heterocycles. The van der Waals surface area contributed by atoms with Gasteiger partial charge in [0.2, 0.25) is 5.95 Å². The number of carbonyl (C=O) groups excluding carboxylic acids is 1. The summed E-state index contributed by atoms with van der Waals surface area (Å²) in [5, 5.41) is 4.33. The Labute approximate surface area is 166 Å². The molecule has 140 valence electrons. The molecule has 0 saturated carbocycles. The second-order valence-electron chi connectivity index (χ2n) is 6.44. The molecule has 1 aliphatic heterocycles. The highest BCUT2D eigenvalue weighted by atomic mass is 79.9. The van der Waals surface area contributed by atoms with E-state index in [1.807, 2.05) is 10.8 Å². The normalized spacial score (nSPS) is 13.7. The first-order valence-corrected chi connectivity index (χ1v) is 9.34. The maximum Gasteiger partial charge on any atom is 0.274 e. The van der Waals surface area contributed by atoms with Crippen LogP contribution in [0.3, 0.4) is 0 Å². The predicted octanol–water partition coefficient (Wildman–Crippen LogP) is 2.55. The molecule has 0 radical (unpaired) electrons. The van der Waals surface area contributed by atoms with Gasteiger partial charge in [0.25, 0.3) is 5.91 Å². The van der Waals surface area contributed by atoms with Gasteiger partial charge in [-0.3, -0.25) is 4.79 Å². The van der Waals surface area contributed by atoms with E-state index in [1.165, 1.54) is 12.3 Å². The van der Waals surface area contributed by atoms with Crippen LogP contribution in [0.5, 0.6) is 0 Å². The van der Waals surface area contributed by atoms with Crippen LogP contribution in [0.2, 0.25) is 0 Å². The smallest absolute Gasteiger partial charge is 0.274 e. The molecule has 0 atom stereocenters. The van der Waals surface area contributed by atoms with Gasteiger partial charge in [-0.2, -0.15) is 9.49 Å². The summed E-state index contributed by atoms with van der Waals surface area (Å²) in [6.07, 6.45) is 6.77. The Morgan fingerprint density at radius 2 is 2.04 bits per heavy atom. The lowest BCUT2D eigenvalue weighted by Crippen LogP contribution is -2.38. The number of aromatic nitrogens is 6. The van der Waals surface area contributed by atoms with Gasteiger partial charge in [0.15, 0.2) is 11.3 Å². The summed E-state index contributed by atoms with van der Waals surface area (Å²) >= 11 is 3.34. The molecule has 1 amide bonds. The van der Waals surface area contributed by atoms with E-state index >= 15 is 0 Å². The number of nitrogens with zero attached hydrogens (tertiary/aromatic N) is 7. The molecule has 0 aromatic carbocycles. The summed E-state index contributed by atoms with van der Waals surface area (Å²) in [6, 6.07) is 4.62. The first kappa shape index (κ1) is 17.0. The molecule has 0 unspecified atom stereocenters. The fourth-order valence-corrected chi connectivity index (χ4v) is 3.51. The van der Waals surface area contributed by atoms with Crippen LogP contribution in [0, 0.1) is 5.95 Å². The molecule has 8 nitrogen and oxygen atoms in total. The van der Waals surface area contributed by atoms with E-state index in [1.54, 1.807) is 33.9 Å². The van der Waals surface area contributed by atoms with Gasteiger partial charge >= 0.3 is 0 Å². The van der Waals surface area contributed by atoms with E-state index in [4.69, 9.17) is 0 Å². The first-order chi connectivity index (χ1) is 13.6. The van der Waals surface area contributed by atoms with Gasteiger partial charge in [0.05, 0.1) is 16.7 Å². The molecule has 0 saturated heterocycles. The summed E-state index contributed by atoms with van der Waals surface area (Å²) in [5.74, 6) is 0.0721. The Hall–Kier alpha value is -3.14. The number of hydrogen-bond donors (Lipinski definition) is 0. The van der Waals surface area contributed by atoms with Crippen LogP contribution < -0.4 is 0 Å². The van der Waals surface area contributed by atoms with Crippen LogP contribution in [-0.2, 0) is 13.1 Å². The number of imidazole rings is 1. The molecule has 0 spiro atoms. The van der Waals surface area contributed by atoms with E-state index in [9.17, 15) is 9.18 Å². The second kappa shape index (κ2) is 6.48. The standard InChI is InChI=1S/C18H13BrFN7O/c19-12-7-22-16-5-13(24-27(16)8-12)18(28)26-4-3-25-9-14(23-17(25)10-26)11-1-2-15(20)21-6-11/h1-2,5-9H,3-4,10H2. The van der Waals surface area contributed by atoms with E-state index in [0.29, 0.717) is 36.7 Å². The van der Waals surface area contributed by atoms with Crippen LogP contribution in [0.25, 0.3) is 16.9 Å². The van der Waals surface area contributed by atoms with Gasteiger partial charge in [-0.1, -0.05) is 0 Å². The lowest BCUT2D eigenvalue weighted by atomic mass is 10.2. The van der Waals surface area contributed by atoms with Crippen molar-refractivity contribution in [2.45, 2.75) is 13.1 Å². The number of amides is 1. The largest absolute Gasteiger partial charge is 0.331 e. The maximum atomic E-state index is 13.0. The fourth-order valence-electron chi connectivity index (χ4n) is 3.21. The van der Waals surface area contributed by atoms with Crippen molar-refractivity contribution in [3.8, 4) is 11.3 Å². The lowest BCUT2D eigenvalue weighted by molar-refractivity contribution is 0.0701. The van der Waals surface area contributed by atoms with E-state index in [0.717, 1.165) is 15.9 Å². The Bertz CT molecular complexity index is 1200. The topological polar surface area (TPSA) is 81.2 Å². The van der Waals surface area contributed by atoms with Crippen molar-refractivity contribution in [1.29, 1.82) is 0 Å². The van der Waals surface area contributed by atoms with Gasteiger partial charge in [0, 0.05) is 49.5 Å². The van der Waals surface area contributed by atoms with E-state index in [-0.39, 0.29) is 5.91 Å². The molecule has 0 bridgehead atoms. The molecule has 0 aliphatic carbocycles. The minimum absolute atomic E-state index is 0.166. The minimum Gasteiger partial charge on any atom is -0.331 e. The zero-order chi connectivity index (χ0) is 19.3. The third kappa shape index (κ3) is 2.95. The highest BCUT2D eigenvalue weighted by molar-refractivity contribution is 9.10. The van der Waals surface area contributed by atoms with Gasteiger partial charge in [-0.05, 0) is 28.1 Å². The van der Waals surface area contributed by atoms with Crippen molar-refractivity contribution in [1.82, 2.24) is 34.0 Å². The zero-order valence-electron chi connectivity index (χ0n) is 14.5. The van der Waals surface area contributed by atoms with Gasteiger partial charge in [0.1, 0.15) is 5.82 Å². The molecule has 28 heavy (non-hydrogen) atoms. The van der Waals surface area contributed by atoms with Crippen LogP contribution >= 0.6 is 15.9 Å². The number of hydrogen-bond acceptors (Lipinski definition) is 5. The summed E-state index contributed by atoms with van der Waals surface area (Å²) < 4.78 is 17.4. The van der Waals surface area contributed by atoms with Crippen LogP contribution in [0.4, 0.5) is 4.39 Å². The highest BCUT2D eigenvalue weighted by Gasteiger charge is 2.25. The molecule has 4 aromatic rings. The molecular weight excluding hydrogens is 429 g/mol. The number of carbonyl (C=O) groups is 1. The monoisotopic (exact) mass is 441 g/mol. The average molecular weight is 442 g/mol. The number of halogens is 2. The second-order valence-corrected chi connectivity index (χ2v) is 7.35. The van der Waals surface area contributed by atoms with Gasteiger partial charge in [-0.15, -0.1) is 0 Å². The van der Waals surface area contributed by atoms with Crippen LogP contribution in [0.15, 0.2) is 47.5 Å². The summed E-state index contributed by atoms with van der Waals surface area (Å²) in [6.45, 7) is 1.55. The third-order valence-corrected chi connectivity index (χ3v) is 5.02. The highest BCUT2D eigenvalue weighted by Crippen LogP contribution is 2.22. The number of rotatable bonds is 2. The third-order valence-electron chi connectivity index (χ3n) is 4.61. The molecule has 5 rings (SSSR count). The lowest BCUT2D eigenvalue weighted by Gasteiger charge is -2.26. The summed E-state index contributed by atoms with van der Waals surface area (Å²) in [7, 11) is 0. The minimum atomic E-state index is -0.529. The Morgan fingerprint density at radius 1 is 1.14 bits per heavy atom. The molecule has 1 aliphatic rings. The maximum absolute atomic E-state index is 13.0. The Balaban J connectivity index is 1.40. The number of fused-ring (bicyclic) bond motifs is 2. The molecule has 10 heteroatoms. The van der Waals surface area contributed by atoms with Gasteiger partial charge < -0.3 is 9.47 Å². The summed E-state index contributed by atoms with van der Waals surface area (Å²) in [5.41, 5.74) is 2.39. The molecule has 0 fully saturated rings. The Morgan fingerprint density at radius 3 is 2.86 bits per heavy atom. The zero-order valence-corrected chi connectivity index (χ0v) is 16.0. The van der Waals surface area contributed by atoms with Crippen molar-refractivity contribution in [3.63, 3.8) is 0 Å². The van der Waals surface area contributed by atoms with Crippen molar-refractivity contribution in [3.05, 3.63) is 64.9 Å². The van der Waals surface area contributed by atoms with Crippen molar-refractivity contribution >= 4 is 27.5 Å². The molecule has 5 heterocycles. The predicted molar refractivity (Wildman–Crippen MR) is 101 cm³/mol. The number of pyridine rings is 1. The molecular formula is C18H13BrFN7O. The van der Waals surface area contributed by atoms with Crippen LogP contribution in [0.1, 0.15) is 16.3 Å². The van der Waals surface area contributed by atoms with Crippen molar-refractivity contribution in [2.24, 2.45) is 0 Å². The van der Waals surface area contributed by atoms with Crippen molar-refractivity contribution in [2.75, 3.05) is 6.54 Å². The summed E-state index contributed by atoms with van der Waals surface area (Å²) in [4.78, 5) is 27.1. The average Bonchev–Trinajstić information content (AvgIpc) is 3.30.